The van der Waals surface area contributed by atoms with Gasteiger partial charge in [-0.05, 0) is 30.3 Å². The molecule has 0 unspecified atom stereocenters. The minimum absolute atomic E-state index is 0.136. The fourth-order valence-corrected chi connectivity index (χ4v) is 3.23. The zero-order valence-corrected chi connectivity index (χ0v) is 14.7. The van der Waals surface area contributed by atoms with Crippen LogP contribution >= 0.6 is 11.6 Å². The minimum Gasteiger partial charge on any atom is -0.326 e. The number of rotatable bonds is 6. The number of anilines is 2. The third-order valence-corrected chi connectivity index (χ3v) is 4.74. The predicted molar refractivity (Wildman–Crippen MR) is 93.2 cm³/mol. The maximum Gasteiger partial charge on any atom is 0.232 e. The van der Waals surface area contributed by atoms with E-state index in [-0.39, 0.29) is 29.4 Å². The van der Waals surface area contributed by atoms with Crippen LogP contribution in [0.4, 0.5) is 20.2 Å². The summed E-state index contributed by atoms with van der Waals surface area (Å²) in [5.41, 5.74) is 0.135. The van der Waals surface area contributed by atoms with Crippen molar-refractivity contribution < 1.29 is 22.0 Å². The number of carbonyl (C=O) groups excluding carboxylic acids is 1. The Hall–Kier alpha value is -2.19. The van der Waals surface area contributed by atoms with E-state index in [1.807, 2.05) is 0 Å². The molecule has 1 N–H and O–H groups in total. The van der Waals surface area contributed by atoms with Gasteiger partial charge in [0.25, 0.3) is 0 Å². The van der Waals surface area contributed by atoms with E-state index in [1.165, 1.54) is 30.3 Å². The van der Waals surface area contributed by atoms with Crippen molar-refractivity contribution in [2.24, 2.45) is 0 Å². The highest BCUT2D eigenvalue weighted by Gasteiger charge is 2.21. The maximum atomic E-state index is 13.9. The van der Waals surface area contributed by atoms with Crippen LogP contribution in [0.1, 0.15) is 6.42 Å². The van der Waals surface area contributed by atoms with Crippen molar-refractivity contribution in [2.75, 3.05) is 22.4 Å². The topological polar surface area (TPSA) is 66.5 Å². The Balaban J connectivity index is 2.09. The average Bonchev–Trinajstić information content (AvgIpc) is 2.51. The highest BCUT2D eigenvalue weighted by molar-refractivity contribution is 7.92. The molecule has 0 saturated heterocycles. The van der Waals surface area contributed by atoms with Crippen LogP contribution in [0.3, 0.4) is 0 Å². The SMILES string of the molecule is CS(=O)(=O)N(CCC(=O)Nc1ccc(F)c(Cl)c1)c1ccccc1F. The average molecular weight is 389 g/mol. The highest BCUT2D eigenvalue weighted by Crippen LogP contribution is 2.22. The quantitative estimate of drug-likeness (QED) is 0.824. The number of halogens is 3. The molecule has 9 heteroatoms. The third kappa shape index (κ3) is 5.14. The number of nitrogens with zero attached hydrogens (tertiary/aromatic N) is 1. The zero-order valence-electron chi connectivity index (χ0n) is 13.2. The molecule has 1 amide bonds. The normalized spacial score (nSPS) is 11.2. The van der Waals surface area contributed by atoms with Crippen LogP contribution in [0.5, 0.6) is 0 Å². The van der Waals surface area contributed by atoms with E-state index in [0.717, 1.165) is 22.7 Å². The van der Waals surface area contributed by atoms with Gasteiger partial charge in [-0.2, -0.15) is 0 Å². The van der Waals surface area contributed by atoms with Crippen LogP contribution in [-0.4, -0.2) is 27.1 Å². The molecular formula is C16H15ClF2N2O3S. The van der Waals surface area contributed by atoms with Crippen LogP contribution < -0.4 is 9.62 Å². The summed E-state index contributed by atoms with van der Waals surface area (Å²) in [7, 11) is -3.78. The fraction of sp³-hybridized carbons (Fsp3) is 0.188. The van der Waals surface area contributed by atoms with Crippen LogP contribution in [0, 0.1) is 11.6 Å². The Bertz CT molecular complexity index is 891. The number of benzene rings is 2. The van der Waals surface area contributed by atoms with Crippen molar-refractivity contribution in [3.05, 3.63) is 59.1 Å². The number of hydrogen-bond donors (Lipinski definition) is 1. The highest BCUT2D eigenvalue weighted by atomic mass is 35.5. The number of nitrogens with one attached hydrogen (secondary N) is 1. The summed E-state index contributed by atoms with van der Waals surface area (Å²) in [4.78, 5) is 12.0. The Labute approximate surface area is 149 Å². The molecular weight excluding hydrogens is 374 g/mol. The molecule has 2 rings (SSSR count). The van der Waals surface area contributed by atoms with Gasteiger partial charge in [0, 0.05) is 18.7 Å². The first-order valence-electron chi connectivity index (χ1n) is 7.15. The van der Waals surface area contributed by atoms with Gasteiger partial charge in [-0.1, -0.05) is 23.7 Å². The Kier molecular flexibility index (Phi) is 5.97. The number of hydrogen-bond acceptors (Lipinski definition) is 3. The van der Waals surface area contributed by atoms with E-state index in [9.17, 15) is 22.0 Å². The summed E-state index contributed by atoms with van der Waals surface area (Å²) in [6.45, 7) is -0.249. The lowest BCUT2D eigenvalue weighted by Crippen LogP contribution is -2.33. The minimum atomic E-state index is -3.78. The van der Waals surface area contributed by atoms with Crippen LogP contribution in [0.25, 0.3) is 0 Å². The molecule has 0 aliphatic heterocycles. The van der Waals surface area contributed by atoms with Gasteiger partial charge in [-0.25, -0.2) is 17.2 Å². The van der Waals surface area contributed by atoms with Crippen molar-refractivity contribution >= 4 is 38.9 Å². The molecule has 2 aromatic carbocycles. The van der Waals surface area contributed by atoms with Crippen molar-refractivity contribution in [3.8, 4) is 0 Å². The van der Waals surface area contributed by atoms with Crippen LogP contribution in [0.15, 0.2) is 42.5 Å². The molecule has 0 fully saturated rings. The van der Waals surface area contributed by atoms with E-state index < -0.39 is 27.6 Å². The number of carbonyl (C=O) groups is 1. The summed E-state index contributed by atoms with van der Waals surface area (Å²) in [6, 6.07) is 9.04. The first-order valence-corrected chi connectivity index (χ1v) is 9.38. The van der Waals surface area contributed by atoms with E-state index in [4.69, 9.17) is 11.6 Å². The molecule has 0 saturated carbocycles. The van der Waals surface area contributed by atoms with Crippen molar-refractivity contribution in [1.82, 2.24) is 0 Å². The molecule has 0 spiro atoms. The lowest BCUT2D eigenvalue weighted by Gasteiger charge is -2.22. The summed E-state index contributed by atoms with van der Waals surface area (Å²) >= 11 is 5.63. The summed E-state index contributed by atoms with van der Waals surface area (Å²) < 4.78 is 51.6. The van der Waals surface area contributed by atoms with Crippen LogP contribution in [0.2, 0.25) is 5.02 Å². The third-order valence-electron chi connectivity index (χ3n) is 3.27. The molecule has 0 atom stereocenters. The molecule has 2 aromatic rings. The second kappa shape index (κ2) is 7.79. The van der Waals surface area contributed by atoms with Crippen molar-refractivity contribution in [1.29, 1.82) is 0 Å². The monoisotopic (exact) mass is 388 g/mol. The Morgan fingerprint density at radius 1 is 1.16 bits per heavy atom. The molecule has 25 heavy (non-hydrogen) atoms. The van der Waals surface area contributed by atoms with E-state index in [1.54, 1.807) is 0 Å². The van der Waals surface area contributed by atoms with Gasteiger partial charge in [-0.15, -0.1) is 0 Å². The lowest BCUT2D eigenvalue weighted by molar-refractivity contribution is -0.116. The number of amides is 1. The molecule has 0 bridgehead atoms. The largest absolute Gasteiger partial charge is 0.326 e. The first kappa shape index (κ1) is 19.1. The molecule has 0 radical (unpaired) electrons. The Morgan fingerprint density at radius 3 is 2.44 bits per heavy atom. The van der Waals surface area contributed by atoms with Gasteiger partial charge in [-0.3, -0.25) is 9.10 Å². The second-order valence-corrected chi connectivity index (χ2v) is 7.53. The molecule has 0 heterocycles. The summed E-state index contributed by atoms with van der Waals surface area (Å²) in [5.74, 6) is -1.85. The first-order chi connectivity index (χ1) is 11.7. The van der Waals surface area contributed by atoms with E-state index in [2.05, 4.69) is 5.32 Å². The van der Waals surface area contributed by atoms with Gasteiger partial charge in [0.1, 0.15) is 11.6 Å². The molecule has 5 nitrogen and oxygen atoms in total. The summed E-state index contributed by atoms with van der Waals surface area (Å²) in [6.07, 6.45) is 0.702. The van der Waals surface area contributed by atoms with Crippen molar-refractivity contribution in [3.63, 3.8) is 0 Å². The standard InChI is InChI=1S/C16H15ClF2N2O3S/c1-25(23,24)21(15-5-3-2-4-14(15)19)9-8-16(22)20-11-6-7-13(18)12(17)10-11/h2-7,10H,8-9H2,1H3,(H,20,22). The van der Waals surface area contributed by atoms with Gasteiger partial charge >= 0.3 is 0 Å². The molecule has 134 valence electrons. The lowest BCUT2D eigenvalue weighted by atomic mass is 10.2. The maximum absolute atomic E-state index is 13.9. The smallest absolute Gasteiger partial charge is 0.232 e. The van der Waals surface area contributed by atoms with Gasteiger partial charge in [0.2, 0.25) is 15.9 Å². The van der Waals surface area contributed by atoms with E-state index >= 15 is 0 Å². The molecule has 0 aliphatic carbocycles. The van der Waals surface area contributed by atoms with Gasteiger partial charge in [0.15, 0.2) is 0 Å². The van der Waals surface area contributed by atoms with Gasteiger partial charge < -0.3 is 5.32 Å². The Morgan fingerprint density at radius 2 is 1.84 bits per heavy atom. The number of sulfonamides is 1. The predicted octanol–water partition coefficient (Wildman–Crippen LogP) is 3.41. The van der Waals surface area contributed by atoms with Gasteiger partial charge in [0.05, 0.1) is 17.0 Å². The summed E-state index contributed by atoms with van der Waals surface area (Å²) in [5, 5.41) is 2.33. The van der Waals surface area contributed by atoms with E-state index in [0.29, 0.717) is 0 Å². The second-order valence-electron chi connectivity index (χ2n) is 5.21. The zero-order chi connectivity index (χ0) is 18.6. The van der Waals surface area contributed by atoms with Crippen molar-refractivity contribution in [2.45, 2.75) is 6.42 Å². The van der Waals surface area contributed by atoms with Crippen LogP contribution in [-0.2, 0) is 14.8 Å². The molecule has 0 aliphatic rings. The fourth-order valence-electron chi connectivity index (χ4n) is 2.12. The number of para-hydroxylation sites is 1. The molecule has 0 aromatic heterocycles.